The molecular formula is C17H18N6OS. The van der Waals surface area contributed by atoms with Gasteiger partial charge in [-0.1, -0.05) is 6.07 Å². The van der Waals surface area contributed by atoms with Gasteiger partial charge in [-0.25, -0.2) is 15.0 Å². The van der Waals surface area contributed by atoms with E-state index in [2.05, 4.69) is 30.2 Å². The van der Waals surface area contributed by atoms with E-state index in [1.807, 2.05) is 23.7 Å². The van der Waals surface area contributed by atoms with Crippen LogP contribution in [-0.2, 0) is 6.54 Å². The van der Waals surface area contributed by atoms with Crippen molar-refractivity contribution in [3.8, 4) is 0 Å². The maximum Gasteiger partial charge on any atom is 0.276 e. The van der Waals surface area contributed by atoms with E-state index in [-0.39, 0.29) is 11.9 Å². The molecule has 0 aromatic carbocycles. The Bertz CT molecular complexity index is 833. The zero-order valence-corrected chi connectivity index (χ0v) is 14.4. The lowest BCUT2D eigenvalue weighted by molar-refractivity contribution is 0.102. The monoisotopic (exact) mass is 354 g/mol. The molecule has 25 heavy (non-hydrogen) atoms. The van der Waals surface area contributed by atoms with E-state index in [0.717, 1.165) is 37.4 Å². The highest BCUT2D eigenvalue weighted by Gasteiger charge is 2.28. The number of hydrogen-bond donors (Lipinski definition) is 2. The molecule has 3 aromatic rings. The molecule has 1 atom stereocenters. The van der Waals surface area contributed by atoms with Crippen molar-refractivity contribution in [3.05, 3.63) is 59.4 Å². The maximum atomic E-state index is 12.4. The van der Waals surface area contributed by atoms with Crippen LogP contribution >= 0.6 is 11.3 Å². The minimum Gasteiger partial charge on any atom is -0.348 e. The molecule has 0 bridgehead atoms. The summed E-state index contributed by atoms with van der Waals surface area (Å²) in [5, 5.41) is 5.19. The van der Waals surface area contributed by atoms with Gasteiger partial charge in [0, 0.05) is 24.0 Å². The lowest BCUT2D eigenvalue weighted by Crippen LogP contribution is -2.25. The molecular weight excluding hydrogens is 336 g/mol. The number of carbonyl (C=O) groups excluding carboxylic acids is 1. The first-order valence-electron chi connectivity index (χ1n) is 8.20. The van der Waals surface area contributed by atoms with Crippen molar-refractivity contribution < 1.29 is 4.79 Å². The molecule has 4 rings (SSSR count). The van der Waals surface area contributed by atoms with Crippen LogP contribution in [0.25, 0.3) is 0 Å². The summed E-state index contributed by atoms with van der Waals surface area (Å²) in [5.74, 6) is 0.719. The second-order valence-corrected chi connectivity index (χ2v) is 6.80. The first kappa shape index (κ1) is 15.9. The van der Waals surface area contributed by atoms with Crippen molar-refractivity contribution in [3.63, 3.8) is 0 Å². The van der Waals surface area contributed by atoms with Crippen molar-refractivity contribution in [2.24, 2.45) is 0 Å². The first-order valence-corrected chi connectivity index (χ1v) is 9.07. The van der Waals surface area contributed by atoms with Crippen molar-refractivity contribution in [2.75, 3.05) is 11.9 Å². The molecule has 1 amide bonds. The van der Waals surface area contributed by atoms with Crippen molar-refractivity contribution in [1.29, 1.82) is 0 Å². The van der Waals surface area contributed by atoms with Crippen LogP contribution in [0, 0.1) is 0 Å². The van der Waals surface area contributed by atoms with Crippen LogP contribution in [0.5, 0.6) is 0 Å². The van der Waals surface area contributed by atoms with Crippen LogP contribution in [0.3, 0.4) is 0 Å². The molecule has 128 valence electrons. The number of imidazole rings is 1. The van der Waals surface area contributed by atoms with Crippen molar-refractivity contribution >= 4 is 22.4 Å². The molecule has 0 saturated carbocycles. The van der Waals surface area contributed by atoms with Gasteiger partial charge < -0.3 is 4.98 Å². The third-order valence-corrected chi connectivity index (χ3v) is 4.96. The number of hydrogen-bond acceptors (Lipinski definition) is 6. The van der Waals surface area contributed by atoms with Crippen LogP contribution in [0.4, 0.5) is 5.13 Å². The molecule has 0 radical (unpaired) electrons. The fourth-order valence-corrected chi connectivity index (χ4v) is 3.66. The smallest absolute Gasteiger partial charge is 0.276 e. The number of aromatic nitrogens is 4. The van der Waals surface area contributed by atoms with Crippen LogP contribution in [0.1, 0.15) is 40.9 Å². The Labute approximate surface area is 149 Å². The predicted molar refractivity (Wildman–Crippen MR) is 95.3 cm³/mol. The Balaban J connectivity index is 1.51. The minimum absolute atomic E-state index is 0.206. The van der Waals surface area contributed by atoms with Gasteiger partial charge in [-0.2, -0.15) is 0 Å². The molecule has 7 nitrogen and oxygen atoms in total. The lowest BCUT2D eigenvalue weighted by atomic mass is 10.1. The van der Waals surface area contributed by atoms with Gasteiger partial charge in [0.1, 0.15) is 11.5 Å². The molecule has 1 fully saturated rings. The van der Waals surface area contributed by atoms with Crippen molar-refractivity contribution in [1.82, 2.24) is 24.8 Å². The second kappa shape index (κ2) is 7.12. The lowest BCUT2D eigenvalue weighted by Gasteiger charge is -2.23. The topological polar surface area (TPSA) is 86.8 Å². The van der Waals surface area contributed by atoms with E-state index in [4.69, 9.17) is 0 Å². The van der Waals surface area contributed by atoms with E-state index >= 15 is 0 Å². The average molecular weight is 354 g/mol. The Hall–Kier alpha value is -2.58. The summed E-state index contributed by atoms with van der Waals surface area (Å²) in [6, 6.07) is 5.82. The van der Waals surface area contributed by atoms with Crippen molar-refractivity contribution in [2.45, 2.75) is 25.4 Å². The van der Waals surface area contributed by atoms with Gasteiger partial charge in [0.2, 0.25) is 0 Å². The van der Waals surface area contributed by atoms with Crippen LogP contribution in [0.2, 0.25) is 0 Å². The van der Waals surface area contributed by atoms with Crippen LogP contribution in [0.15, 0.2) is 42.2 Å². The molecule has 0 spiro atoms. The average Bonchev–Trinajstić information content (AvgIpc) is 3.38. The Morgan fingerprint density at radius 3 is 3.12 bits per heavy atom. The van der Waals surface area contributed by atoms with E-state index in [1.165, 1.54) is 11.3 Å². The van der Waals surface area contributed by atoms with E-state index in [9.17, 15) is 4.79 Å². The Morgan fingerprint density at radius 2 is 2.32 bits per heavy atom. The Morgan fingerprint density at radius 1 is 1.36 bits per heavy atom. The summed E-state index contributed by atoms with van der Waals surface area (Å²) >= 11 is 1.39. The molecule has 4 heterocycles. The SMILES string of the molecule is O=C(Nc1nccs1)c1cccc([C@@H]2CCCN2Cc2ncc[nH]2)n1. The number of H-pyrrole nitrogens is 1. The van der Waals surface area contributed by atoms with Gasteiger partial charge >= 0.3 is 0 Å². The summed E-state index contributed by atoms with van der Waals surface area (Å²) in [6.45, 7) is 1.76. The number of aromatic amines is 1. The second-order valence-electron chi connectivity index (χ2n) is 5.90. The number of rotatable bonds is 5. The van der Waals surface area contributed by atoms with Gasteiger partial charge in [0.15, 0.2) is 5.13 Å². The van der Waals surface area contributed by atoms with Gasteiger partial charge in [0.05, 0.1) is 18.3 Å². The molecule has 1 aliphatic rings. The zero-order valence-electron chi connectivity index (χ0n) is 13.6. The predicted octanol–water partition coefficient (Wildman–Crippen LogP) is 2.85. The standard InChI is InChI=1S/C17H18N6OS/c24-16(22-17-20-8-10-25-17)13-4-1-3-12(21-13)14-5-2-9-23(14)11-15-18-6-7-19-15/h1,3-4,6-8,10,14H,2,5,9,11H2,(H,18,19)(H,20,22,24)/t14-/m0/s1. The number of carbonyl (C=O) groups is 1. The maximum absolute atomic E-state index is 12.4. The van der Waals surface area contributed by atoms with E-state index < -0.39 is 0 Å². The zero-order chi connectivity index (χ0) is 17.1. The van der Waals surface area contributed by atoms with Gasteiger partial charge in [0.25, 0.3) is 5.91 Å². The third-order valence-electron chi connectivity index (χ3n) is 4.27. The molecule has 0 aliphatic carbocycles. The highest BCUT2D eigenvalue weighted by atomic mass is 32.1. The number of nitrogens with zero attached hydrogens (tertiary/aromatic N) is 4. The van der Waals surface area contributed by atoms with Crippen LogP contribution < -0.4 is 5.32 Å². The molecule has 3 aromatic heterocycles. The van der Waals surface area contributed by atoms with Gasteiger partial charge in [-0.05, 0) is 31.5 Å². The molecule has 8 heteroatoms. The number of thiazole rings is 1. The van der Waals surface area contributed by atoms with Gasteiger partial charge in [-0.15, -0.1) is 11.3 Å². The molecule has 2 N–H and O–H groups in total. The summed E-state index contributed by atoms with van der Waals surface area (Å²) in [5.41, 5.74) is 1.34. The fraction of sp³-hybridized carbons (Fsp3) is 0.294. The fourth-order valence-electron chi connectivity index (χ4n) is 3.14. The normalized spacial score (nSPS) is 17.7. The van der Waals surface area contributed by atoms with E-state index in [0.29, 0.717) is 10.8 Å². The number of anilines is 1. The third kappa shape index (κ3) is 3.59. The molecule has 1 aliphatic heterocycles. The highest BCUT2D eigenvalue weighted by Crippen LogP contribution is 2.31. The number of amides is 1. The number of nitrogens with one attached hydrogen (secondary N) is 2. The largest absolute Gasteiger partial charge is 0.348 e. The highest BCUT2D eigenvalue weighted by molar-refractivity contribution is 7.13. The quantitative estimate of drug-likeness (QED) is 0.736. The number of pyridine rings is 1. The summed E-state index contributed by atoms with van der Waals surface area (Å²) in [7, 11) is 0. The first-order chi connectivity index (χ1) is 12.3. The van der Waals surface area contributed by atoms with E-state index in [1.54, 1.807) is 18.5 Å². The number of likely N-dealkylation sites (tertiary alicyclic amines) is 1. The molecule has 0 unspecified atom stereocenters. The summed E-state index contributed by atoms with van der Waals surface area (Å²) in [4.78, 5) is 30.9. The van der Waals surface area contributed by atoms with Gasteiger partial charge in [-0.3, -0.25) is 15.0 Å². The molecule has 1 saturated heterocycles. The minimum atomic E-state index is -0.229. The summed E-state index contributed by atoms with van der Waals surface area (Å²) in [6.07, 6.45) is 7.41. The summed E-state index contributed by atoms with van der Waals surface area (Å²) < 4.78 is 0. The Kier molecular flexibility index (Phi) is 4.53. The van der Waals surface area contributed by atoms with Crippen LogP contribution in [-0.4, -0.2) is 37.3 Å².